The highest BCUT2D eigenvalue weighted by molar-refractivity contribution is 6.31. The van der Waals surface area contributed by atoms with Gasteiger partial charge in [0.2, 0.25) is 0 Å². The van der Waals surface area contributed by atoms with E-state index in [0.29, 0.717) is 57.8 Å². The number of urea groups is 1. The first kappa shape index (κ1) is 26.6. The maximum Gasteiger partial charge on any atom is 0.322 e. The molecule has 4 saturated heterocycles. The molecule has 6 aliphatic rings. The van der Waals surface area contributed by atoms with Crippen LogP contribution in [0.5, 0.6) is 6.01 Å². The van der Waals surface area contributed by atoms with Gasteiger partial charge in [-0.05, 0) is 62.3 Å². The molecule has 0 bridgehead atoms. The molecule has 1 aromatic carbocycles. The number of anilines is 1. The Balaban J connectivity index is 1.16. The standard InChI is InChI=1S/C30H34ClFN6O4/c31-22-5-1-4-21-19(22)6-9-30(21)13-23-20(15-42-30)24(37-10-3-8-29(16-37)25(39)35-26(40)36-29)34-27(33-23)41-17-28-7-2-11-38(28)14-18(32)12-28/h1,4-5,18H,2-3,6-17H2,(H2,35,36,39,40)/t18?,28-,29?,30?/m0/s1. The highest BCUT2D eigenvalue weighted by Gasteiger charge is 2.51. The van der Waals surface area contributed by atoms with Gasteiger partial charge in [-0.3, -0.25) is 15.0 Å². The molecule has 3 unspecified atom stereocenters. The number of nitrogens with zero attached hydrogens (tertiary/aromatic N) is 4. The van der Waals surface area contributed by atoms with Crippen LogP contribution in [0.3, 0.4) is 0 Å². The van der Waals surface area contributed by atoms with Crippen molar-refractivity contribution < 1.29 is 23.5 Å². The zero-order valence-corrected chi connectivity index (χ0v) is 24.1. The number of aromatic nitrogens is 2. The zero-order valence-electron chi connectivity index (χ0n) is 23.4. The van der Waals surface area contributed by atoms with Gasteiger partial charge in [0.25, 0.3) is 5.91 Å². The van der Waals surface area contributed by atoms with Crippen molar-refractivity contribution in [2.24, 2.45) is 0 Å². The first-order valence-corrected chi connectivity index (χ1v) is 15.4. The Morgan fingerprint density at radius 3 is 2.88 bits per heavy atom. The van der Waals surface area contributed by atoms with Crippen LogP contribution < -0.4 is 20.3 Å². The Morgan fingerprint density at radius 1 is 1.14 bits per heavy atom. The number of carbonyl (C=O) groups excluding carboxylic acids is 2. The maximum atomic E-state index is 14.4. The number of nitrogens with one attached hydrogen (secondary N) is 2. The topological polar surface area (TPSA) is 109 Å². The summed E-state index contributed by atoms with van der Waals surface area (Å²) in [6.45, 7) is 2.92. The van der Waals surface area contributed by atoms with Crippen molar-refractivity contribution >= 4 is 29.4 Å². The highest BCUT2D eigenvalue weighted by atomic mass is 35.5. The van der Waals surface area contributed by atoms with Gasteiger partial charge in [0, 0.05) is 36.5 Å². The summed E-state index contributed by atoms with van der Waals surface area (Å²) in [4.78, 5) is 39.1. The summed E-state index contributed by atoms with van der Waals surface area (Å²) in [6, 6.07) is 5.77. The normalized spacial score (nSPS) is 33.6. The SMILES string of the molecule is O=C1NC(=O)C2(CCCN(c3nc(OC[C@@]45CCCN4CC(F)C5)nc4c3COC3(CCc5c(Cl)cccc53)C4)C2)N1. The lowest BCUT2D eigenvalue weighted by Crippen LogP contribution is -2.59. The first-order chi connectivity index (χ1) is 20.3. The molecule has 0 radical (unpaired) electrons. The van der Waals surface area contributed by atoms with Gasteiger partial charge in [0.05, 0.1) is 30.0 Å². The van der Waals surface area contributed by atoms with Crippen LogP contribution in [0.4, 0.5) is 15.0 Å². The van der Waals surface area contributed by atoms with Gasteiger partial charge in [-0.25, -0.2) is 9.18 Å². The molecule has 2 spiro atoms. The first-order valence-electron chi connectivity index (χ1n) is 15.0. The van der Waals surface area contributed by atoms with E-state index >= 15 is 0 Å². The highest BCUT2D eigenvalue weighted by Crippen LogP contribution is 2.49. The summed E-state index contributed by atoms with van der Waals surface area (Å²) in [5, 5.41) is 6.02. The number of benzene rings is 1. The van der Waals surface area contributed by atoms with Crippen molar-refractivity contribution in [1.29, 1.82) is 0 Å². The lowest BCUT2D eigenvalue weighted by atomic mass is 9.86. The van der Waals surface area contributed by atoms with E-state index in [1.54, 1.807) is 0 Å². The third-order valence-corrected chi connectivity index (χ3v) is 10.8. The Hall–Kier alpha value is -3.02. The zero-order chi connectivity index (χ0) is 28.7. The lowest BCUT2D eigenvalue weighted by molar-refractivity contribution is -0.124. The van der Waals surface area contributed by atoms with Crippen LogP contribution in [0.1, 0.15) is 60.9 Å². The van der Waals surface area contributed by atoms with Crippen molar-refractivity contribution in [2.75, 3.05) is 37.7 Å². The average molecular weight is 597 g/mol. The molecule has 222 valence electrons. The summed E-state index contributed by atoms with van der Waals surface area (Å²) in [6.07, 6.45) is 4.96. The second-order valence-electron chi connectivity index (χ2n) is 12.9. The second kappa shape index (κ2) is 9.49. The van der Waals surface area contributed by atoms with Crippen molar-refractivity contribution in [3.8, 4) is 6.01 Å². The number of amides is 3. The number of piperidine rings is 1. The Morgan fingerprint density at radius 2 is 2.02 bits per heavy atom. The fourth-order valence-electron chi connectivity index (χ4n) is 8.38. The summed E-state index contributed by atoms with van der Waals surface area (Å²) < 4.78 is 27.5. The molecule has 3 amide bonds. The number of carbonyl (C=O) groups is 2. The minimum absolute atomic E-state index is 0.258. The Bertz CT molecular complexity index is 1490. The second-order valence-corrected chi connectivity index (χ2v) is 13.3. The van der Waals surface area contributed by atoms with Gasteiger partial charge in [0.15, 0.2) is 0 Å². The van der Waals surface area contributed by atoms with Crippen LogP contribution in [0, 0.1) is 0 Å². The predicted octanol–water partition coefficient (Wildman–Crippen LogP) is 3.18. The molecule has 4 atom stereocenters. The van der Waals surface area contributed by atoms with Crippen LogP contribution in [0.2, 0.25) is 5.02 Å². The molecule has 10 nitrogen and oxygen atoms in total. The van der Waals surface area contributed by atoms with Crippen LogP contribution >= 0.6 is 11.6 Å². The molecule has 2 aromatic rings. The van der Waals surface area contributed by atoms with Crippen molar-refractivity contribution in [1.82, 2.24) is 25.5 Å². The minimum Gasteiger partial charge on any atom is -0.461 e. The molecular formula is C30H34ClFN6O4. The van der Waals surface area contributed by atoms with Crippen LogP contribution in [-0.2, 0) is 34.6 Å². The molecule has 1 aliphatic carbocycles. The summed E-state index contributed by atoms with van der Waals surface area (Å²) in [7, 11) is 0. The summed E-state index contributed by atoms with van der Waals surface area (Å²) in [5.74, 6) is 0.353. The third-order valence-electron chi connectivity index (χ3n) is 10.4. The maximum absolute atomic E-state index is 14.4. The molecule has 8 rings (SSSR count). The summed E-state index contributed by atoms with van der Waals surface area (Å²) in [5.41, 5.74) is 2.08. The van der Waals surface area contributed by atoms with Crippen LogP contribution in [0.15, 0.2) is 18.2 Å². The van der Waals surface area contributed by atoms with Crippen LogP contribution in [-0.4, -0.2) is 76.8 Å². The molecule has 12 heteroatoms. The minimum atomic E-state index is -1.00. The van der Waals surface area contributed by atoms with E-state index < -0.39 is 23.3 Å². The smallest absolute Gasteiger partial charge is 0.322 e. The number of hydrogen-bond donors (Lipinski definition) is 2. The molecule has 0 saturated carbocycles. The molecular weight excluding hydrogens is 563 g/mol. The van der Waals surface area contributed by atoms with E-state index in [4.69, 9.17) is 31.0 Å². The van der Waals surface area contributed by atoms with Gasteiger partial charge in [-0.2, -0.15) is 9.97 Å². The Kier molecular flexibility index (Phi) is 6.01. The monoisotopic (exact) mass is 596 g/mol. The van der Waals surface area contributed by atoms with Gasteiger partial charge >= 0.3 is 12.0 Å². The fraction of sp³-hybridized carbons (Fsp3) is 0.600. The van der Waals surface area contributed by atoms with Crippen molar-refractivity contribution in [3.05, 3.63) is 45.6 Å². The number of hydrogen-bond acceptors (Lipinski definition) is 8. The number of halogens is 2. The van der Waals surface area contributed by atoms with E-state index in [-0.39, 0.29) is 24.0 Å². The van der Waals surface area contributed by atoms with E-state index in [1.165, 1.54) is 0 Å². The number of fused-ring (bicyclic) bond motifs is 4. The molecule has 2 N–H and O–H groups in total. The predicted molar refractivity (Wildman–Crippen MR) is 151 cm³/mol. The number of rotatable bonds is 4. The van der Waals surface area contributed by atoms with E-state index in [2.05, 4.69) is 26.5 Å². The summed E-state index contributed by atoms with van der Waals surface area (Å²) >= 11 is 6.56. The van der Waals surface area contributed by atoms with Crippen LogP contribution in [0.25, 0.3) is 0 Å². The molecule has 5 aliphatic heterocycles. The van der Waals surface area contributed by atoms with Gasteiger partial charge < -0.3 is 19.7 Å². The number of ether oxygens (including phenoxy) is 2. The fourth-order valence-corrected chi connectivity index (χ4v) is 8.65. The van der Waals surface area contributed by atoms with Gasteiger partial charge in [-0.1, -0.05) is 23.7 Å². The molecule has 4 fully saturated rings. The quantitative estimate of drug-likeness (QED) is 0.518. The van der Waals surface area contributed by atoms with E-state index in [9.17, 15) is 14.0 Å². The number of alkyl halides is 1. The van der Waals surface area contributed by atoms with Gasteiger partial charge in [-0.15, -0.1) is 0 Å². The third kappa shape index (κ3) is 4.03. The molecule has 1 aromatic heterocycles. The van der Waals surface area contributed by atoms with Crippen molar-refractivity contribution in [2.45, 2.75) is 80.8 Å². The Labute approximate surface area is 248 Å². The van der Waals surface area contributed by atoms with E-state index in [0.717, 1.165) is 59.6 Å². The molecule has 42 heavy (non-hydrogen) atoms. The number of imide groups is 1. The van der Waals surface area contributed by atoms with Crippen molar-refractivity contribution in [3.63, 3.8) is 0 Å². The van der Waals surface area contributed by atoms with E-state index in [1.807, 2.05) is 12.1 Å². The lowest BCUT2D eigenvalue weighted by Gasteiger charge is -2.41. The largest absolute Gasteiger partial charge is 0.461 e. The van der Waals surface area contributed by atoms with Gasteiger partial charge in [0.1, 0.15) is 24.1 Å². The molecule has 6 heterocycles. The average Bonchev–Trinajstić information content (AvgIpc) is 3.68.